The second-order valence-electron chi connectivity index (χ2n) is 5.23. The molecular weight excluding hydrogens is 246 g/mol. The van der Waals surface area contributed by atoms with Gasteiger partial charge in [-0.25, -0.2) is 0 Å². The van der Waals surface area contributed by atoms with Crippen LogP contribution >= 0.6 is 0 Å². The third-order valence-electron chi connectivity index (χ3n) is 3.46. The summed E-state index contributed by atoms with van der Waals surface area (Å²) in [6.45, 7) is 2.28. The monoisotopic (exact) mass is 269 g/mol. The zero-order valence-electron chi connectivity index (χ0n) is 12.1. The molecule has 0 aromatic heterocycles. The molecule has 0 radical (unpaired) electrons. The molecule has 0 saturated heterocycles. The maximum absolute atomic E-state index is 8.79. The van der Waals surface area contributed by atoms with E-state index in [0.717, 1.165) is 25.9 Å². The van der Waals surface area contributed by atoms with E-state index < -0.39 is 0 Å². The molecule has 0 unspecified atom stereocenters. The Bertz CT molecular complexity index is 493. The first-order valence-corrected chi connectivity index (χ1v) is 7.23. The molecule has 2 heteroatoms. The Labute approximate surface area is 121 Å². The molecule has 2 aromatic rings. The highest BCUT2D eigenvalue weighted by molar-refractivity contribution is 5.63. The Morgan fingerprint density at radius 1 is 0.850 bits per heavy atom. The minimum atomic E-state index is 0.291. The summed E-state index contributed by atoms with van der Waals surface area (Å²) in [5, 5.41) is 8.79. The quantitative estimate of drug-likeness (QED) is 0.777. The molecule has 2 rings (SSSR count). The van der Waals surface area contributed by atoms with E-state index in [9.17, 15) is 0 Å². The second kappa shape index (κ2) is 7.83. The Morgan fingerprint density at radius 3 is 2.15 bits per heavy atom. The van der Waals surface area contributed by atoms with Crippen LogP contribution in [0.2, 0.25) is 0 Å². The van der Waals surface area contributed by atoms with Gasteiger partial charge in [0.05, 0.1) is 0 Å². The number of unbranched alkanes of at least 4 members (excludes halogenated alkanes) is 1. The topological polar surface area (TPSA) is 23.5 Å². The number of nitrogens with zero attached hydrogens (tertiary/aromatic N) is 1. The Morgan fingerprint density at radius 2 is 1.50 bits per heavy atom. The molecule has 0 aliphatic rings. The van der Waals surface area contributed by atoms with Crippen molar-refractivity contribution in [2.75, 3.05) is 20.2 Å². The number of rotatable bonds is 7. The Hall–Kier alpha value is -1.64. The summed E-state index contributed by atoms with van der Waals surface area (Å²) in [6, 6.07) is 19.2. The van der Waals surface area contributed by atoms with Crippen molar-refractivity contribution in [2.24, 2.45) is 0 Å². The minimum Gasteiger partial charge on any atom is -0.396 e. The van der Waals surface area contributed by atoms with Gasteiger partial charge in [-0.1, -0.05) is 54.6 Å². The van der Waals surface area contributed by atoms with Crippen LogP contribution < -0.4 is 0 Å². The van der Waals surface area contributed by atoms with Crippen LogP contribution in [-0.2, 0) is 6.54 Å². The third kappa shape index (κ3) is 4.48. The van der Waals surface area contributed by atoms with E-state index in [1.165, 1.54) is 16.7 Å². The van der Waals surface area contributed by atoms with E-state index in [0.29, 0.717) is 6.61 Å². The minimum absolute atomic E-state index is 0.291. The maximum Gasteiger partial charge on any atom is 0.0431 e. The van der Waals surface area contributed by atoms with Crippen molar-refractivity contribution in [1.82, 2.24) is 4.90 Å². The van der Waals surface area contributed by atoms with Crippen molar-refractivity contribution >= 4 is 0 Å². The summed E-state index contributed by atoms with van der Waals surface area (Å²) in [6.07, 6.45) is 1.94. The van der Waals surface area contributed by atoms with E-state index in [4.69, 9.17) is 5.11 Å². The summed E-state index contributed by atoms with van der Waals surface area (Å²) in [7, 11) is 2.13. The van der Waals surface area contributed by atoms with Gasteiger partial charge in [-0.15, -0.1) is 0 Å². The summed E-state index contributed by atoms with van der Waals surface area (Å²) in [4.78, 5) is 2.30. The molecule has 0 aliphatic heterocycles. The smallest absolute Gasteiger partial charge is 0.0431 e. The highest BCUT2D eigenvalue weighted by atomic mass is 16.2. The molecule has 20 heavy (non-hydrogen) atoms. The molecule has 2 aromatic carbocycles. The van der Waals surface area contributed by atoms with E-state index in [1.807, 2.05) is 6.07 Å². The van der Waals surface area contributed by atoms with Crippen molar-refractivity contribution in [2.45, 2.75) is 19.4 Å². The van der Waals surface area contributed by atoms with Gasteiger partial charge in [0.15, 0.2) is 0 Å². The van der Waals surface area contributed by atoms with Gasteiger partial charge < -0.3 is 10.0 Å². The van der Waals surface area contributed by atoms with Gasteiger partial charge in [-0.3, -0.25) is 0 Å². The van der Waals surface area contributed by atoms with Crippen molar-refractivity contribution in [3.8, 4) is 11.1 Å². The number of hydrogen-bond donors (Lipinski definition) is 1. The lowest BCUT2D eigenvalue weighted by Gasteiger charge is -2.16. The van der Waals surface area contributed by atoms with Crippen LogP contribution in [0, 0.1) is 0 Å². The SMILES string of the molecule is CN(CCCCO)Cc1ccc(-c2ccccc2)cc1. The third-order valence-corrected chi connectivity index (χ3v) is 3.46. The largest absolute Gasteiger partial charge is 0.396 e. The fourth-order valence-corrected chi connectivity index (χ4v) is 2.32. The number of benzene rings is 2. The van der Waals surface area contributed by atoms with E-state index >= 15 is 0 Å². The highest BCUT2D eigenvalue weighted by Gasteiger charge is 2.01. The Balaban J connectivity index is 1.92. The molecule has 0 atom stereocenters. The predicted octanol–water partition coefficient (Wildman–Crippen LogP) is 3.56. The van der Waals surface area contributed by atoms with Gasteiger partial charge in [-0.2, -0.15) is 0 Å². The zero-order valence-corrected chi connectivity index (χ0v) is 12.1. The van der Waals surface area contributed by atoms with Crippen LogP contribution in [0.3, 0.4) is 0 Å². The van der Waals surface area contributed by atoms with Gasteiger partial charge in [0.25, 0.3) is 0 Å². The lowest BCUT2D eigenvalue weighted by Crippen LogP contribution is -2.19. The second-order valence-corrected chi connectivity index (χ2v) is 5.23. The fraction of sp³-hybridized carbons (Fsp3) is 0.333. The van der Waals surface area contributed by atoms with E-state index in [-0.39, 0.29) is 0 Å². The molecular formula is C18H23NO. The van der Waals surface area contributed by atoms with E-state index in [1.54, 1.807) is 0 Å². The van der Waals surface area contributed by atoms with Gasteiger partial charge >= 0.3 is 0 Å². The number of hydrogen-bond acceptors (Lipinski definition) is 2. The van der Waals surface area contributed by atoms with Crippen LogP contribution in [-0.4, -0.2) is 30.2 Å². The van der Waals surface area contributed by atoms with Gasteiger partial charge in [0, 0.05) is 13.2 Å². The molecule has 0 saturated carbocycles. The average molecular weight is 269 g/mol. The predicted molar refractivity (Wildman–Crippen MR) is 84.5 cm³/mol. The zero-order chi connectivity index (χ0) is 14.2. The summed E-state index contributed by atoms with van der Waals surface area (Å²) >= 11 is 0. The van der Waals surface area contributed by atoms with Crippen molar-refractivity contribution < 1.29 is 5.11 Å². The van der Waals surface area contributed by atoms with Crippen molar-refractivity contribution in [1.29, 1.82) is 0 Å². The van der Waals surface area contributed by atoms with Crippen LogP contribution in [0.1, 0.15) is 18.4 Å². The van der Waals surface area contributed by atoms with Gasteiger partial charge in [0.2, 0.25) is 0 Å². The molecule has 0 heterocycles. The van der Waals surface area contributed by atoms with E-state index in [2.05, 4.69) is 60.5 Å². The number of aliphatic hydroxyl groups excluding tert-OH is 1. The molecule has 0 bridgehead atoms. The first kappa shape index (κ1) is 14.8. The van der Waals surface area contributed by atoms with Crippen LogP contribution in [0.25, 0.3) is 11.1 Å². The average Bonchev–Trinajstić information content (AvgIpc) is 2.49. The van der Waals surface area contributed by atoms with Crippen molar-refractivity contribution in [3.05, 3.63) is 60.2 Å². The molecule has 106 valence electrons. The molecule has 0 amide bonds. The summed E-state index contributed by atoms with van der Waals surface area (Å²) in [5.41, 5.74) is 3.85. The van der Waals surface area contributed by atoms with Gasteiger partial charge in [0.1, 0.15) is 0 Å². The van der Waals surface area contributed by atoms with Crippen LogP contribution in [0.5, 0.6) is 0 Å². The first-order valence-electron chi connectivity index (χ1n) is 7.23. The fourth-order valence-electron chi connectivity index (χ4n) is 2.32. The van der Waals surface area contributed by atoms with Crippen LogP contribution in [0.4, 0.5) is 0 Å². The highest BCUT2D eigenvalue weighted by Crippen LogP contribution is 2.19. The molecule has 0 fully saturated rings. The maximum atomic E-state index is 8.79. The molecule has 2 nitrogen and oxygen atoms in total. The lowest BCUT2D eigenvalue weighted by atomic mass is 10.0. The van der Waals surface area contributed by atoms with Crippen molar-refractivity contribution in [3.63, 3.8) is 0 Å². The summed E-state index contributed by atoms with van der Waals surface area (Å²) in [5.74, 6) is 0. The Kier molecular flexibility index (Phi) is 5.78. The molecule has 1 N–H and O–H groups in total. The van der Waals surface area contributed by atoms with Gasteiger partial charge in [-0.05, 0) is 43.1 Å². The normalized spacial score (nSPS) is 10.9. The first-order chi connectivity index (χ1) is 9.79. The molecule has 0 spiro atoms. The van der Waals surface area contributed by atoms with Crippen LogP contribution in [0.15, 0.2) is 54.6 Å². The standard InChI is InChI=1S/C18H23NO/c1-19(13-5-6-14-20)15-16-9-11-18(12-10-16)17-7-3-2-4-8-17/h2-4,7-12,20H,5-6,13-15H2,1H3. The summed E-state index contributed by atoms with van der Waals surface area (Å²) < 4.78 is 0. The lowest BCUT2D eigenvalue weighted by molar-refractivity contribution is 0.261. The number of aliphatic hydroxyl groups is 1. The molecule has 0 aliphatic carbocycles.